The molecule has 0 unspecified atom stereocenters. The summed E-state index contributed by atoms with van der Waals surface area (Å²) in [4.78, 5) is 24.1. The van der Waals surface area contributed by atoms with Crippen LogP contribution in [0, 0.1) is 12.7 Å². The number of nitrogens with one attached hydrogen (secondary N) is 2. The lowest BCUT2D eigenvalue weighted by molar-refractivity contribution is -0.120. The van der Waals surface area contributed by atoms with Crippen LogP contribution in [0.15, 0.2) is 30.8 Å². The van der Waals surface area contributed by atoms with Crippen molar-refractivity contribution in [2.75, 3.05) is 5.32 Å². The molecule has 1 aliphatic carbocycles. The van der Waals surface area contributed by atoms with Crippen molar-refractivity contribution in [2.24, 2.45) is 0 Å². The third-order valence-corrected chi connectivity index (χ3v) is 5.06. The lowest BCUT2D eigenvalue weighted by Crippen LogP contribution is -2.26. The van der Waals surface area contributed by atoms with Crippen LogP contribution in [-0.4, -0.2) is 26.8 Å². The molecule has 1 aliphatic rings. The summed E-state index contributed by atoms with van der Waals surface area (Å²) in [5, 5.41) is 4.37. The fourth-order valence-electron chi connectivity index (χ4n) is 3.63. The van der Waals surface area contributed by atoms with Gasteiger partial charge in [0.25, 0.3) is 0 Å². The third-order valence-electron chi connectivity index (χ3n) is 5.06. The van der Waals surface area contributed by atoms with Crippen molar-refractivity contribution in [3.63, 3.8) is 0 Å². The van der Waals surface area contributed by atoms with E-state index < -0.39 is 0 Å². The summed E-state index contributed by atoms with van der Waals surface area (Å²) < 4.78 is 13.7. The number of aromatic amines is 1. The molecule has 3 aromatic rings. The first-order chi connectivity index (χ1) is 13.0. The summed E-state index contributed by atoms with van der Waals surface area (Å²) >= 11 is 0. The highest BCUT2D eigenvalue weighted by atomic mass is 19.1. The largest absolute Gasteiger partial charge is 0.367 e. The van der Waals surface area contributed by atoms with E-state index in [0.717, 1.165) is 29.5 Å². The maximum absolute atomic E-state index is 13.7. The molecule has 0 atom stereocenters. The SMILES string of the molecule is C=Cc1c(C)[nH]c2nc(-c3cccc(F)c3)nc(NC3CCC(=O)CC3)c12. The molecule has 0 spiro atoms. The molecule has 2 N–H and O–H groups in total. The lowest BCUT2D eigenvalue weighted by atomic mass is 9.94. The van der Waals surface area contributed by atoms with E-state index in [4.69, 9.17) is 4.98 Å². The number of fused-ring (bicyclic) bond motifs is 1. The number of hydrogen-bond acceptors (Lipinski definition) is 4. The number of Topliss-reactive ketones (excluding diaryl/α,β-unsaturated/α-hetero) is 1. The zero-order chi connectivity index (χ0) is 19.0. The van der Waals surface area contributed by atoms with Gasteiger partial charge in [-0.2, -0.15) is 0 Å². The molecule has 4 rings (SSSR count). The summed E-state index contributed by atoms with van der Waals surface area (Å²) in [7, 11) is 0. The number of anilines is 1. The average molecular weight is 364 g/mol. The number of carbonyl (C=O) groups is 1. The van der Waals surface area contributed by atoms with Gasteiger partial charge in [0.05, 0.1) is 5.39 Å². The number of halogens is 1. The molecule has 27 heavy (non-hydrogen) atoms. The van der Waals surface area contributed by atoms with Gasteiger partial charge in [0.2, 0.25) is 0 Å². The van der Waals surface area contributed by atoms with Gasteiger partial charge in [-0.05, 0) is 31.9 Å². The van der Waals surface area contributed by atoms with Gasteiger partial charge in [0.15, 0.2) is 5.82 Å². The van der Waals surface area contributed by atoms with Crippen LogP contribution in [0.3, 0.4) is 0 Å². The molecule has 0 bridgehead atoms. The summed E-state index contributed by atoms with van der Waals surface area (Å²) in [5.41, 5.74) is 3.20. The standard InChI is InChI=1S/C21H21FN4O/c1-3-17-12(2)23-20-18(17)21(24-15-7-9-16(27)10-8-15)26-19(25-20)13-5-4-6-14(22)11-13/h3-6,11,15H,1,7-10H2,2H3,(H2,23,24,25,26). The summed E-state index contributed by atoms with van der Waals surface area (Å²) in [5.74, 6) is 1.13. The molecule has 6 heteroatoms. The highest BCUT2D eigenvalue weighted by Crippen LogP contribution is 2.32. The molecule has 0 saturated heterocycles. The van der Waals surface area contributed by atoms with Crippen LogP contribution < -0.4 is 5.32 Å². The monoisotopic (exact) mass is 364 g/mol. The number of H-pyrrole nitrogens is 1. The predicted octanol–water partition coefficient (Wildman–Crippen LogP) is 4.64. The maximum Gasteiger partial charge on any atom is 0.164 e. The van der Waals surface area contributed by atoms with Gasteiger partial charge in [0, 0.05) is 35.7 Å². The zero-order valence-corrected chi connectivity index (χ0v) is 15.2. The van der Waals surface area contributed by atoms with Crippen molar-refractivity contribution in [3.05, 3.63) is 47.9 Å². The Morgan fingerprint density at radius 1 is 1.30 bits per heavy atom. The first-order valence-corrected chi connectivity index (χ1v) is 9.12. The molecule has 0 amide bonds. The van der Waals surface area contributed by atoms with Gasteiger partial charge in [-0.25, -0.2) is 14.4 Å². The molecule has 1 fully saturated rings. The Balaban J connectivity index is 1.83. The van der Waals surface area contributed by atoms with Crippen molar-refractivity contribution in [1.29, 1.82) is 0 Å². The second kappa shape index (κ2) is 6.95. The van der Waals surface area contributed by atoms with Gasteiger partial charge < -0.3 is 10.3 Å². The number of aryl methyl sites for hydroxylation is 1. The molecule has 1 saturated carbocycles. The van der Waals surface area contributed by atoms with Gasteiger partial charge in [-0.15, -0.1) is 0 Å². The van der Waals surface area contributed by atoms with Crippen LogP contribution in [-0.2, 0) is 4.79 Å². The van der Waals surface area contributed by atoms with Gasteiger partial charge in [-0.1, -0.05) is 24.8 Å². The quantitative estimate of drug-likeness (QED) is 0.707. The minimum Gasteiger partial charge on any atom is -0.367 e. The second-order valence-electron chi connectivity index (χ2n) is 6.95. The van der Waals surface area contributed by atoms with E-state index in [1.165, 1.54) is 12.1 Å². The summed E-state index contributed by atoms with van der Waals surface area (Å²) in [6, 6.07) is 6.43. The molecule has 0 aliphatic heterocycles. The van der Waals surface area contributed by atoms with Crippen LogP contribution >= 0.6 is 0 Å². The van der Waals surface area contributed by atoms with Crippen molar-refractivity contribution in [2.45, 2.75) is 38.6 Å². The van der Waals surface area contributed by atoms with Gasteiger partial charge in [-0.3, -0.25) is 4.79 Å². The summed E-state index contributed by atoms with van der Waals surface area (Å²) in [6.07, 6.45) is 4.53. The molecule has 0 radical (unpaired) electrons. The van der Waals surface area contributed by atoms with Gasteiger partial charge in [0.1, 0.15) is 23.1 Å². The number of carbonyl (C=O) groups excluding carboxylic acids is 1. The van der Waals surface area contributed by atoms with E-state index in [9.17, 15) is 9.18 Å². The Hall–Kier alpha value is -3.02. The minimum absolute atomic E-state index is 0.175. The van der Waals surface area contributed by atoms with Gasteiger partial charge >= 0.3 is 0 Å². The Morgan fingerprint density at radius 2 is 2.07 bits per heavy atom. The Labute approximate surface area is 156 Å². The highest BCUT2D eigenvalue weighted by Gasteiger charge is 2.22. The number of aromatic nitrogens is 3. The Bertz CT molecular complexity index is 1030. The number of nitrogens with zero attached hydrogens (tertiary/aromatic N) is 2. The van der Waals surface area contributed by atoms with Crippen LogP contribution in [0.2, 0.25) is 0 Å². The number of hydrogen-bond donors (Lipinski definition) is 2. The van der Waals surface area contributed by atoms with E-state index in [1.807, 2.05) is 6.92 Å². The number of benzene rings is 1. The van der Waals surface area contributed by atoms with E-state index >= 15 is 0 Å². The molecule has 1 aromatic carbocycles. The second-order valence-corrected chi connectivity index (χ2v) is 6.95. The first kappa shape index (κ1) is 17.4. The van der Waals surface area contributed by atoms with Crippen LogP contribution in [0.5, 0.6) is 0 Å². The van der Waals surface area contributed by atoms with Crippen LogP contribution in [0.1, 0.15) is 36.9 Å². The first-order valence-electron chi connectivity index (χ1n) is 9.12. The predicted molar refractivity (Wildman–Crippen MR) is 105 cm³/mol. The number of ketones is 1. The topological polar surface area (TPSA) is 70.7 Å². The van der Waals surface area contributed by atoms with Crippen LogP contribution in [0.25, 0.3) is 28.5 Å². The fraction of sp³-hybridized carbons (Fsp3) is 0.286. The molecule has 2 heterocycles. The van der Waals surface area contributed by atoms with Crippen molar-refractivity contribution < 1.29 is 9.18 Å². The van der Waals surface area contributed by atoms with E-state index in [1.54, 1.807) is 18.2 Å². The van der Waals surface area contributed by atoms with Crippen molar-refractivity contribution in [3.8, 4) is 11.4 Å². The van der Waals surface area contributed by atoms with Crippen molar-refractivity contribution >= 4 is 28.7 Å². The Kier molecular flexibility index (Phi) is 4.48. The van der Waals surface area contributed by atoms with E-state index in [0.29, 0.717) is 41.5 Å². The van der Waals surface area contributed by atoms with E-state index in [-0.39, 0.29) is 11.9 Å². The highest BCUT2D eigenvalue weighted by molar-refractivity contribution is 5.97. The summed E-state index contributed by atoms with van der Waals surface area (Å²) in [6.45, 7) is 5.87. The Morgan fingerprint density at radius 3 is 2.78 bits per heavy atom. The molecular formula is C21H21FN4O. The smallest absolute Gasteiger partial charge is 0.164 e. The average Bonchev–Trinajstić information content (AvgIpc) is 2.98. The number of rotatable bonds is 4. The zero-order valence-electron chi connectivity index (χ0n) is 15.2. The fourth-order valence-corrected chi connectivity index (χ4v) is 3.63. The van der Waals surface area contributed by atoms with Crippen molar-refractivity contribution in [1.82, 2.24) is 15.0 Å². The molecule has 138 valence electrons. The molecule has 5 nitrogen and oxygen atoms in total. The maximum atomic E-state index is 13.7. The van der Waals surface area contributed by atoms with Crippen LogP contribution in [0.4, 0.5) is 10.2 Å². The van der Waals surface area contributed by atoms with E-state index in [2.05, 4.69) is 21.9 Å². The lowest BCUT2D eigenvalue weighted by Gasteiger charge is -2.23. The molecular weight excluding hydrogens is 343 g/mol. The normalized spacial score (nSPS) is 15.3. The molecule has 2 aromatic heterocycles. The minimum atomic E-state index is -0.328. The third kappa shape index (κ3) is 3.35.